The Morgan fingerprint density at radius 3 is 2.58 bits per heavy atom. The number of nitriles is 1. The van der Waals surface area contributed by atoms with E-state index in [0.29, 0.717) is 11.1 Å². The number of carbonyl (C=O) groups is 2. The fourth-order valence-corrected chi connectivity index (χ4v) is 2.31. The Balaban J connectivity index is 2.04. The minimum atomic E-state index is -0.303. The van der Waals surface area contributed by atoms with Crippen LogP contribution in [-0.4, -0.2) is 30.3 Å². The van der Waals surface area contributed by atoms with E-state index in [1.807, 2.05) is 38.1 Å². The number of hydrogen-bond acceptors (Lipinski definition) is 3. The third kappa shape index (κ3) is 3.99. The van der Waals surface area contributed by atoms with Crippen LogP contribution in [0.5, 0.6) is 0 Å². The molecule has 2 rings (SSSR count). The molecule has 1 N–H and O–H groups in total. The van der Waals surface area contributed by atoms with E-state index in [1.165, 1.54) is 11.0 Å². The topological polar surface area (TPSA) is 73.2 Å². The standard InChI is InChI=1S/C19H19N3O2/c1-13-6-4-9-17(14(13)2)21-18(23)12-22(3)19(24)16-8-5-7-15(10-16)11-20/h4-10H,12H2,1-3H3,(H,21,23). The normalized spacial score (nSPS) is 9.92. The van der Waals surface area contributed by atoms with Crippen LogP contribution in [0.3, 0.4) is 0 Å². The highest BCUT2D eigenvalue weighted by Crippen LogP contribution is 2.17. The molecule has 2 aromatic rings. The second kappa shape index (κ2) is 7.42. The molecule has 5 nitrogen and oxygen atoms in total. The first-order valence-corrected chi connectivity index (χ1v) is 7.54. The fourth-order valence-electron chi connectivity index (χ4n) is 2.31. The molecule has 0 atom stereocenters. The fraction of sp³-hybridized carbons (Fsp3) is 0.211. The Hall–Kier alpha value is -3.13. The van der Waals surface area contributed by atoms with Crippen LogP contribution in [-0.2, 0) is 4.79 Å². The van der Waals surface area contributed by atoms with Gasteiger partial charge < -0.3 is 10.2 Å². The van der Waals surface area contributed by atoms with Gasteiger partial charge in [-0.25, -0.2) is 0 Å². The maximum atomic E-state index is 12.4. The van der Waals surface area contributed by atoms with E-state index in [9.17, 15) is 9.59 Å². The van der Waals surface area contributed by atoms with Gasteiger partial charge in [0, 0.05) is 18.3 Å². The highest BCUT2D eigenvalue weighted by atomic mass is 16.2. The molecule has 24 heavy (non-hydrogen) atoms. The Morgan fingerprint density at radius 1 is 1.17 bits per heavy atom. The van der Waals surface area contributed by atoms with Crippen molar-refractivity contribution in [2.45, 2.75) is 13.8 Å². The molecule has 0 aliphatic heterocycles. The summed E-state index contributed by atoms with van der Waals surface area (Å²) < 4.78 is 0. The first kappa shape index (κ1) is 17.2. The quantitative estimate of drug-likeness (QED) is 0.941. The maximum absolute atomic E-state index is 12.4. The SMILES string of the molecule is Cc1cccc(NC(=O)CN(C)C(=O)c2cccc(C#N)c2)c1C. The number of amides is 2. The zero-order valence-corrected chi connectivity index (χ0v) is 14.0. The number of aryl methyl sites for hydroxylation is 1. The molecular weight excluding hydrogens is 302 g/mol. The average Bonchev–Trinajstić information content (AvgIpc) is 2.58. The summed E-state index contributed by atoms with van der Waals surface area (Å²) in [5.41, 5.74) is 3.63. The summed E-state index contributed by atoms with van der Waals surface area (Å²) in [4.78, 5) is 25.9. The van der Waals surface area contributed by atoms with Gasteiger partial charge in [0.05, 0.1) is 18.2 Å². The zero-order valence-electron chi connectivity index (χ0n) is 14.0. The van der Waals surface area contributed by atoms with Gasteiger partial charge >= 0.3 is 0 Å². The molecule has 5 heteroatoms. The van der Waals surface area contributed by atoms with Crippen molar-refractivity contribution in [1.29, 1.82) is 5.26 Å². The Kier molecular flexibility index (Phi) is 5.33. The Morgan fingerprint density at radius 2 is 1.88 bits per heavy atom. The van der Waals surface area contributed by atoms with Crippen molar-refractivity contribution in [3.8, 4) is 6.07 Å². The van der Waals surface area contributed by atoms with Crippen molar-refractivity contribution in [2.75, 3.05) is 18.9 Å². The molecule has 0 spiro atoms. The molecular formula is C19H19N3O2. The summed E-state index contributed by atoms with van der Waals surface area (Å²) in [5, 5.41) is 11.7. The summed E-state index contributed by atoms with van der Waals surface area (Å²) >= 11 is 0. The number of nitrogens with one attached hydrogen (secondary N) is 1. The summed E-state index contributed by atoms with van der Waals surface area (Å²) in [5.74, 6) is -0.570. The Bertz CT molecular complexity index is 822. The van der Waals surface area contributed by atoms with Crippen LogP contribution in [0.2, 0.25) is 0 Å². The van der Waals surface area contributed by atoms with Crippen molar-refractivity contribution < 1.29 is 9.59 Å². The number of rotatable bonds is 4. The molecule has 2 amide bonds. The Labute approximate surface area is 141 Å². The summed E-state index contributed by atoms with van der Waals surface area (Å²) in [6, 6.07) is 14.1. The first-order valence-electron chi connectivity index (χ1n) is 7.54. The van der Waals surface area contributed by atoms with E-state index in [2.05, 4.69) is 5.32 Å². The number of likely N-dealkylation sites (N-methyl/N-ethyl adjacent to an activating group) is 1. The lowest BCUT2D eigenvalue weighted by molar-refractivity contribution is -0.116. The number of nitrogens with zero attached hydrogens (tertiary/aromatic N) is 2. The lowest BCUT2D eigenvalue weighted by Gasteiger charge is -2.18. The number of hydrogen-bond donors (Lipinski definition) is 1. The second-order valence-electron chi connectivity index (χ2n) is 5.65. The molecule has 0 aliphatic rings. The lowest BCUT2D eigenvalue weighted by Crippen LogP contribution is -2.35. The van der Waals surface area contributed by atoms with Crippen LogP contribution in [0, 0.1) is 25.2 Å². The van der Waals surface area contributed by atoms with E-state index >= 15 is 0 Å². The van der Waals surface area contributed by atoms with Crippen LogP contribution < -0.4 is 5.32 Å². The molecule has 0 radical (unpaired) electrons. The van der Waals surface area contributed by atoms with Crippen molar-refractivity contribution in [3.05, 3.63) is 64.7 Å². The minimum Gasteiger partial charge on any atom is -0.332 e. The molecule has 0 aromatic heterocycles. The summed E-state index contributed by atoms with van der Waals surface area (Å²) in [7, 11) is 1.56. The van der Waals surface area contributed by atoms with Gasteiger partial charge in [-0.05, 0) is 49.2 Å². The number of benzene rings is 2. The van der Waals surface area contributed by atoms with Gasteiger partial charge in [-0.3, -0.25) is 9.59 Å². The maximum Gasteiger partial charge on any atom is 0.254 e. The van der Waals surface area contributed by atoms with Crippen LogP contribution >= 0.6 is 0 Å². The van der Waals surface area contributed by atoms with E-state index in [0.717, 1.165) is 16.8 Å². The highest BCUT2D eigenvalue weighted by molar-refractivity contribution is 5.99. The molecule has 0 heterocycles. The smallest absolute Gasteiger partial charge is 0.254 e. The number of carbonyl (C=O) groups excluding carboxylic acids is 2. The van der Waals surface area contributed by atoms with Crippen molar-refractivity contribution >= 4 is 17.5 Å². The third-order valence-electron chi connectivity index (χ3n) is 3.84. The molecule has 0 unspecified atom stereocenters. The van der Waals surface area contributed by atoms with Crippen LogP contribution in [0.1, 0.15) is 27.0 Å². The minimum absolute atomic E-state index is 0.0665. The number of anilines is 1. The van der Waals surface area contributed by atoms with Gasteiger partial charge in [-0.1, -0.05) is 18.2 Å². The van der Waals surface area contributed by atoms with Crippen molar-refractivity contribution in [2.24, 2.45) is 0 Å². The van der Waals surface area contributed by atoms with Crippen LogP contribution in [0.15, 0.2) is 42.5 Å². The van der Waals surface area contributed by atoms with Gasteiger partial charge in [-0.15, -0.1) is 0 Å². The van der Waals surface area contributed by atoms with Gasteiger partial charge in [0.15, 0.2) is 0 Å². The molecule has 0 aliphatic carbocycles. The van der Waals surface area contributed by atoms with Crippen LogP contribution in [0.4, 0.5) is 5.69 Å². The predicted molar refractivity (Wildman–Crippen MR) is 92.7 cm³/mol. The molecule has 0 saturated heterocycles. The molecule has 0 fully saturated rings. The molecule has 2 aromatic carbocycles. The molecule has 122 valence electrons. The second-order valence-corrected chi connectivity index (χ2v) is 5.65. The van der Waals surface area contributed by atoms with Gasteiger partial charge in [0.1, 0.15) is 0 Å². The lowest BCUT2D eigenvalue weighted by atomic mass is 10.1. The zero-order chi connectivity index (χ0) is 17.7. The van der Waals surface area contributed by atoms with Gasteiger partial charge in [-0.2, -0.15) is 5.26 Å². The van der Waals surface area contributed by atoms with Gasteiger partial charge in [0.25, 0.3) is 5.91 Å². The molecule has 0 bridgehead atoms. The van der Waals surface area contributed by atoms with E-state index in [4.69, 9.17) is 5.26 Å². The largest absolute Gasteiger partial charge is 0.332 e. The van der Waals surface area contributed by atoms with Crippen molar-refractivity contribution in [3.63, 3.8) is 0 Å². The first-order chi connectivity index (χ1) is 11.4. The monoisotopic (exact) mass is 321 g/mol. The van der Waals surface area contributed by atoms with E-state index in [1.54, 1.807) is 25.2 Å². The van der Waals surface area contributed by atoms with Crippen molar-refractivity contribution in [1.82, 2.24) is 4.90 Å². The van der Waals surface area contributed by atoms with E-state index < -0.39 is 0 Å². The average molecular weight is 321 g/mol. The summed E-state index contributed by atoms with van der Waals surface area (Å²) in [6.07, 6.45) is 0. The predicted octanol–water partition coefficient (Wildman–Crippen LogP) is 2.89. The van der Waals surface area contributed by atoms with Crippen LogP contribution in [0.25, 0.3) is 0 Å². The summed E-state index contributed by atoms with van der Waals surface area (Å²) in [6.45, 7) is 3.85. The van der Waals surface area contributed by atoms with E-state index in [-0.39, 0.29) is 18.4 Å². The highest BCUT2D eigenvalue weighted by Gasteiger charge is 2.16. The van der Waals surface area contributed by atoms with Gasteiger partial charge in [0.2, 0.25) is 5.91 Å². The molecule has 0 saturated carbocycles. The third-order valence-corrected chi connectivity index (χ3v) is 3.84.